The van der Waals surface area contributed by atoms with E-state index in [4.69, 9.17) is 4.74 Å². The van der Waals surface area contributed by atoms with Crippen molar-refractivity contribution < 1.29 is 9.53 Å². The van der Waals surface area contributed by atoms with E-state index in [1.807, 2.05) is 29.2 Å². The van der Waals surface area contributed by atoms with Gasteiger partial charge in [0.15, 0.2) is 0 Å². The number of para-hydroxylation sites is 1. The van der Waals surface area contributed by atoms with E-state index >= 15 is 0 Å². The highest BCUT2D eigenvalue weighted by molar-refractivity contribution is 5.79. The summed E-state index contributed by atoms with van der Waals surface area (Å²) in [6.07, 6.45) is 0.666. The molecule has 4 heteroatoms. The van der Waals surface area contributed by atoms with E-state index in [0.29, 0.717) is 6.42 Å². The SMILES string of the molecule is Cc1ccccc1CC(=O)N1CCN(Cc2ccccc2OC(C)C)CC1. The zero-order valence-corrected chi connectivity index (χ0v) is 16.6. The topological polar surface area (TPSA) is 32.8 Å². The molecule has 27 heavy (non-hydrogen) atoms. The van der Waals surface area contributed by atoms with Crippen molar-refractivity contribution in [3.8, 4) is 5.75 Å². The minimum atomic E-state index is 0.169. The summed E-state index contributed by atoms with van der Waals surface area (Å²) >= 11 is 0. The van der Waals surface area contributed by atoms with Crippen LogP contribution < -0.4 is 4.74 Å². The molecule has 144 valence electrons. The molecule has 2 aromatic rings. The summed E-state index contributed by atoms with van der Waals surface area (Å²) in [6, 6.07) is 16.4. The molecule has 0 unspecified atom stereocenters. The number of piperazine rings is 1. The molecule has 0 aromatic heterocycles. The van der Waals surface area contributed by atoms with Crippen molar-refractivity contribution >= 4 is 5.91 Å². The van der Waals surface area contributed by atoms with Crippen molar-refractivity contribution in [3.63, 3.8) is 0 Å². The van der Waals surface area contributed by atoms with Gasteiger partial charge in [0.05, 0.1) is 12.5 Å². The van der Waals surface area contributed by atoms with Crippen molar-refractivity contribution in [2.75, 3.05) is 26.2 Å². The van der Waals surface area contributed by atoms with Crippen molar-refractivity contribution in [2.45, 2.75) is 39.8 Å². The highest BCUT2D eigenvalue weighted by Gasteiger charge is 2.22. The van der Waals surface area contributed by atoms with Crippen molar-refractivity contribution in [1.82, 2.24) is 9.80 Å². The van der Waals surface area contributed by atoms with Gasteiger partial charge in [0.2, 0.25) is 5.91 Å². The lowest BCUT2D eigenvalue weighted by molar-refractivity contribution is -0.132. The lowest BCUT2D eigenvalue weighted by Gasteiger charge is -2.35. The molecule has 3 rings (SSSR count). The zero-order valence-electron chi connectivity index (χ0n) is 16.6. The molecular formula is C23H30N2O2. The number of nitrogens with zero attached hydrogens (tertiary/aromatic N) is 2. The van der Waals surface area contributed by atoms with E-state index in [9.17, 15) is 4.79 Å². The summed E-state index contributed by atoms with van der Waals surface area (Å²) in [5, 5.41) is 0. The van der Waals surface area contributed by atoms with Crippen molar-refractivity contribution in [3.05, 3.63) is 65.2 Å². The summed E-state index contributed by atoms with van der Waals surface area (Å²) in [5.41, 5.74) is 3.53. The number of hydrogen-bond acceptors (Lipinski definition) is 3. The molecule has 1 fully saturated rings. The van der Waals surface area contributed by atoms with Gasteiger partial charge in [0, 0.05) is 38.3 Å². The first-order valence-electron chi connectivity index (χ1n) is 9.82. The largest absolute Gasteiger partial charge is 0.491 e. The second-order valence-corrected chi connectivity index (χ2v) is 7.53. The van der Waals surface area contributed by atoms with Crippen LogP contribution in [0, 0.1) is 6.92 Å². The van der Waals surface area contributed by atoms with E-state index in [2.05, 4.69) is 49.9 Å². The smallest absolute Gasteiger partial charge is 0.227 e. The standard InChI is InChI=1S/C23H30N2O2/c1-18(2)27-22-11-7-6-10-21(22)17-24-12-14-25(15-13-24)23(26)16-20-9-5-4-8-19(20)3/h4-11,18H,12-17H2,1-3H3. The normalized spacial score (nSPS) is 15.2. The molecule has 0 bridgehead atoms. The highest BCUT2D eigenvalue weighted by atomic mass is 16.5. The fourth-order valence-corrected chi connectivity index (χ4v) is 3.48. The quantitative estimate of drug-likeness (QED) is 0.782. The maximum Gasteiger partial charge on any atom is 0.227 e. The Morgan fingerprint density at radius 3 is 2.26 bits per heavy atom. The molecule has 1 saturated heterocycles. The third-order valence-electron chi connectivity index (χ3n) is 5.06. The van der Waals surface area contributed by atoms with E-state index in [1.54, 1.807) is 0 Å². The van der Waals surface area contributed by atoms with Gasteiger partial charge in [-0.1, -0.05) is 42.5 Å². The Bertz CT molecular complexity index is 764. The van der Waals surface area contributed by atoms with Gasteiger partial charge in [0.25, 0.3) is 0 Å². The Morgan fingerprint density at radius 2 is 1.59 bits per heavy atom. The monoisotopic (exact) mass is 366 g/mol. The molecule has 0 spiro atoms. The van der Waals surface area contributed by atoms with Gasteiger partial charge in [-0.25, -0.2) is 0 Å². The van der Waals surface area contributed by atoms with Crippen LogP contribution in [0.25, 0.3) is 0 Å². The summed E-state index contributed by atoms with van der Waals surface area (Å²) in [5.74, 6) is 1.19. The van der Waals surface area contributed by atoms with Crippen molar-refractivity contribution in [1.29, 1.82) is 0 Å². The first kappa shape index (κ1) is 19.4. The van der Waals surface area contributed by atoms with Crippen LogP contribution >= 0.6 is 0 Å². The first-order chi connectivity index (χ1) is 13.0. The molecule has 1 aliphatic rings. The van der Waals surface area contributed by atoms with E-state index in [0.717, 1.165) is 44.0 Å². The molecule has 1 heterocycles. The lowest BCUT2D eigenvalue weighted by atomic mass is 10.1. The van der Waals surface area contributed by atoms with E-state index < -0.39 is 0 Å². The molecule has 4 nitrogen and oxygen atoms in total. The van der Waals surface area contributed by atoms with Gasteiger partial charge in [-0.3, -0.25) is 9.69 Å². The summed E-state index contributed by atoms with van der Waals surface area (Å²) in [6.45, 7) is 10.4. The van der Waals surface area contributed by atoms with Crippen LogP contribution in [0.4, 0.5) is 0 Å². The van der Waals surface area contributed by atoms with Crippen LogP contribution in [0.15, 0.2) is 48.5 Å². The number of ether oxygens (including phenoxy) is 1. The summed E-state index contributed by atoms with van der Waals surface area (Å²) < 4.78 is 5.93. The predicted molar refractivity (Wildman–Crippen MR) is 109 cm³/mol. The molecule has 0 radical (unpaired) electrons. The fraction of sp³-hybridized carbons (Fsp3) is 0.435. The number of rotatable bonds is 6. The van der Waals surface area contributed by atoms with E-state index in [-0.39, 0.29) is 12.0 Å². The second kappa shape index (κ2) is 9.05. The second-order valence-electron chi connectivity index (χ2n) is 7.53. The average molecular weight is 367 g/mol. The number of carbonyl (C=O) groups is 1. The molecule has 0 atom stereocenters. The number of hydrogen-bond donors (Lipinski definition) is 0. The number of carbonyl (C=O) groups excluding carboxylic acids is 1. The van der Waals surface area contributed by atoms with Gasteiger partial charge in [-0.15, -0.1) is 0 Å². The lowest BCUT2D eigenvalue weighted by Crippen LogP contribution is -2.48. The Labute approximate surface area is 162 Å². The maximum absolute atomic E-state index is 12.6. The molecule has 2 aromatic carbocycles. The average Bonchev–Trinajstić information content (AvgIpc) is 2.65. The number of amides is 1. The van der Waals surface area contributed by atoms with Gasteiger partial charge in [0.1, 0.15) is 5.75 Å². The number of aryl methyl sites for hydroxylation is 1. The summed E-state index contributed by atoms with van der Waals surface area (Å²) in [7, 11) is 0. The predicted octanol–water partition coefficient (Wildman–Crippen LogP) is 3.67. The van der Waals surface area contributed by atoms with Gasteiger partial charge in [-0.05, 0) is 38.0 Å². The van der Waals surface area contributed by atoms with Crippen LogP contribution in [-0.4, -0.2) is 48.0 Å². The van der Waals surface area contributed by atoms with Gasteiger partial charge < -0.3 is 9.64 Å². The van der Waals surface area contributed by atoms with Gasteiger partial charge >= 0.3 is 0 Å². The van der Waals surface area contributed by atoms with Gasteiger partial charge in [-0.2, -0.15) is 0 Å². The zero-order chi connectivity index (χ0) is 19.2. The molecule has 1 aliphatic heterocycles. The Morgan fingerprint density at radius 1 is 0.963 bits per heavy atom. The number of benzene rings is 2. The molecular weight excluding hydrogens is 336 g/mol. The van der Waals surface area contributed by atoms with Crippen LogP contribution in [0.3, 0.4) is 0 Å². The van der Waals surface area contributed by atoms with Crippen LogP contribution in [0.5, 0.6) is 5.75 Å². The third-order valence-corrected chi connectivity index (χ3v) is 5.06. The Balaban J connectivity index is 1.53. The third kappa shape index (κ3) is 5.33. The Kier molecular flexibility index (Phi) is 6.51. The fourth-order valence-electron chi connectivity index (χ4n) is 3.48. The molecule has 1 amide bonds. The Hall–Kier alpha value is -2.33. The first-order valence-corrected chi connectivity index (χ1v) is 9.82. The molecule has 0 aliphatic carbocycles. The molecule has 0 saturated carbocycles. The van der Waals surface area contributed by atoms with Crippen molar-refractivity contribution in [2.24, 2.45) is 0 Å². The molecule has 0 N–H and O–H groups in total. The maximum atomic E-state index is 12.6. The minimum absolute atomic E-state index is 0.169. The van der Waals surface area contributed by atoms with Crippen LogP contribution in [0.1, 0.15) is 30.5 Å². The van der Waals surface area contributed by atoms with E-state index in [1.165, 1.54) is 11.1 Å². The minimum Gasteiger partial charge on any atom is -0.491 e. The highest BCUT2D eigenvalue weighted by Crippen LogP contribution is 2.22. The van der Waals surface area contributed by atoms with Crippen LogP contribution in [0.2, 0.25) is 0 Å². The van der Waals surface area contributed by atoms with Crippen LogP contribution in [-0.2, 0) is 17.8 Å². The summed E-state index contributed by atoms with van der Waals surface area (Å²) in [4.78, 5) is 17.0.